The van der Waals surface area contributed by atoms with Gasteiger partial charge in [-0.2, -0.15) is 17.0 Å². The van der Waals surface area contributed by atoms with Gasteiger partial charge in [0.1, 0.15) is 5.76 Å². The number of piperidine rings is 1. The third-order valence-electron chi connectivity index (χ3n) is 3.99. The molecule has 0 unspecified atom stereocenters. The Morgan fingerprint density at radius 3 is 2.48 bits per heavy atom. The summed E-state index contributed by atoms with van der Waals surface area (Å²) in [7, 11) is -0.408. The molecule has 2 amide bonds. The summed E-state index contributed by atoms with van der Waals surface area (Å²) in [5.74, 6) is -0.750. The van der Waals surface area contributed by atoms with E-state index in [-0.39, 0.29) is 11.7 Å². The second kappa shape index (κ2) is 7.93. The van der Waals surface area contributed by atoms with Gasteiger partial charge in [0.2, 0.25) is 0 Å². The van der Waals surface area contributed by atoms with E-state index >= 15 is 0 Å². The first-order valence-corrected chi connectivity index (χ1v) is 9.30. The van der Waals surface area contributed by atoms with Crippen molar-refractivity contribution in [2.75, 3.05) is 39.0 Å². The van der Waals surface area contributed by atoms with Crippen molar-refractivity contribution in [3.8, 4) is 0 Å². The lowest BCUT2D eigenvalue weighted by atomic mass is 9.98. The van der Waals surface area contributed by atoms with Gasteiger partial charge in [-0.15, -0.1) is 0 Å². The number of aryl methyl sites for hydroxylation is 1. The molecule has 2 N–H and O–H groups in total. The lowest BCUT2D eigenvalue weighted by Crippen LogP contribution is -2.46. The fourth-order valence-electron chi connectivity index (χ4n) is 2.49. The minimum atomic E-state index is -3.40. The maximum absolute atomic E-state index is 12.0. The summed E-state index contributed by atoms with van der Waals surface area (Å²) < 4.78 is 31.5. The van der Waals surface area contributed by atoms with E-state index in [1.165, 1.54) is 28.8 Å². The van der Waals surface area contributed by atoms with Gasteiger partial charge in [0.25, 0.3) is 10.2 Å². The molecule has 0 spiro atoms. The Morgan fingerprint density at radius 1 is 1.32 bits per heavy atom. The Morgan fingerprint density at radius 2 is 1.96 bits per heavy atom. The monoisotopic (exact) mass is 373 g/mol. The highest BCUT2D eigenvalue weighted by atomic mass is 32.2. The quantitative estimate of drug-likeness (QED) is 0.674. The van der Waals surface area contributed by atoms with E-state index in [2.05, 4.69) is 15.8 Å². The summed E-state index contributed by atoms with van der Waals surface area (Å²) >= 11 is 0. The first-order chi connectivity index (χ1) is 11.7. The van der Waals surface area contributed by atoms with Crippen LogP contribution < -0.4 is 10.6 Å². The maximum Gasteiger partial charge on any atom is 0.314 e. The molecule has 0 radical (unpaired) electrons. The average Bonchev–Trinajstić information content (AvgIpc) is 2.97. The highest BCUT2D eigenvalue weighted by molar-refractivity contribution is 7.86. The third-order valence-corrected chi connectivity index (χ3v) is 5.93. The SMILES string of the molecule is Cc1cc(NC(=O)C(=O)NCC2CCN(S(=O)(=O)N(C)C)CC2)no1. The van der Waals surface area contributed by atoms with Crippen LogP contribution in [0.2, 0.25) is 0 Å². The topological polar surface area (TPSA) is 125 Å². The molecule has 1 aromatic heterocycles. The zero-order chi connectivity index (χ0) is 18.6. The molecule has 2 rings (SSSR count). The van der Waals surface area contributed by atoms with Gasteiger partial charge in [-0.3, -0.25) is 14.9 Å². The molecule has 1 aromatic rings. The van der Waals surface area contributed by atoms with Crippen LogP contribution in [-0.4, -0.2) is 67.7 Å². The number of rotatable bonds is 5. The largest absolute Gasteiger partial charge is 0.360 e. The maximum atomic E-state index is 12.0. The van der Waals surface area contributed by atoms with Crippen LogP contribution >= 0.6 is 0 Å². The lowest BCUT2D eigenvalue weighted by molar-refractivity contribution is -0.136. The van der Waals surface area contributed by atoms with Crippen LogP contribution in [0.3, 0.4) is 0 Å². The molecular weight excluding hydrogens is 350 g/mol. The Bertz CT molecular complexity index is 722. The average molecular weight is 373 g/mol. The van der Waals surface area contributed by atoms with Crippen molar-refractivity contribution in [2.24, 2.45) is 5.92 Å². The summed E-state index contributed by atoms with van der Waals surface area (Å²) in [6, 6.07) is 1.51. The minimum Gasteiger partial charge on any atom is -0.360 e. The second-order valence-corrected chi connectivity index (χ2v) is 8.26. The van der Waals surface area contributed by atoms with Crippen LogP contribution in [0.4, 0.5) is 5.82 Å². The van der Waals surface area contributed by atoms with Crippen LogP contribution in [0.15, 0.2) is 10.6 Å². The molecule has 0 saturated carbocycles. The van der Waals surface area contributed by atoms with Crippen LogP contribution in [0.25, 0.3) is 0 Å². The van der Waals surface area contributed by atoms with Crippen molar-refractivity contribution in [3.63, 3.8) is 0 Å². The molecule has 0 bridgehead atoms. The molecule has 1 aliphatic heterocycles. The Kier molecular flexibility index (Phi) is 6.14. The van der Waals surface area contributed by atoms with Gasteiger partial charge in [0.15, 0.2) is 5.82 Å². The molecule has 10 nitrogen and oxygen atoms in total. The zero-order valence-electron chi connectivity index (χ0n) is 14.5. The molecule has 0 aliphatic carbocycles. The number of hydrogen-bond donors (Lipinski definition) is 2. The summed E-state index contributed by atoms with van der Waals surface area (Å²) in [4.78, 5) is 23.6. The summed E-state index contributed by atoms with van der Waals surface area (Å²) in [6.07, 6.45) is 1.24. The van der Waals surface area contributed by atoms with Gasteiger partial charge in [0.05, 0.1) is 0 Å². The molecule has 2 heterocycles. The normalized spacial score (nSPS) is 16.8. The van der Waals surface area contributed by atoms with Crippen molar-refractivity contribution in [2.45, 2.75) is 19.8 Å². The predicted molar refractivity (Wildman–Crippen MR) is 89.8 cm³/mol. The highest BCUT2D eigenvalue weighted by Crippen LogP contribution is 2.19. The lowest BCUT2D eigenvalue weighted by Gasteiger charge is -2.32. The van der Waals surface area contributed by atoms with E-state index in [1.807, 2.05) is 0 Å². The number of anilines is 1. The first-order valence-electron chi connectivity index (χ1n) is 7.90. The Labute approximate surface area is 146 Å². The fourth-order valence-corrected chi connectivity index (χ4v) is 3.62. The van der Waals surface area contributed by atoms with Crippen LogP contribution in [-0.2, 0) is 19.8 Å². The molecule has 1 saturated heterocycles. The van der Waals surface area contributed by atoms with Crippen LogP contribution in [0.1, 0.15) is 18.6 Å². The van der Waals surface area contributed by atoms with Gasteiger partial charge in [-0.1, -0.05) is 5.16 Å². The molecule has 1 fully saturated rings. The second-order valence-electron chi connectivity index (χ2n) is 6.12. The summed E-state index contributed by atoms with van der Waals surface area (Å²) in [5.41, 5.74) is 0. The number of amides is 2. The van der Waals surface area contributed by atoms with Gasteiger partial charge in [-0.05, 0) is 25.7 Å². The number of hydrogen-bond acceptors (Lipinski definition) is 6. The smallest absolute Gasteiger partial charge is 0.314 e. The van der Waals surface area contributed by atoms with E-state index in [1.54, 1.807) is 6.92 Å². The molecule has 140 valence electrons. The zero-order valence-corrected chi connectivity index (χ0v) is 15.3. The van der Waals surface area contributed by atoms with Crippen LogP contribution in [0, 0.1) is 12.8 Å². The van der Waals surface area contributed by atoms with E-state index in [0.29, 0.717) is 38.2 Å². The van der Waals surface area contributed by atoms with Gasteiger partial charge in [0, 0.05) is 39.8 Å². The molecule has 0 aromatic carbocycles. The minimum absolute atomic E-state index is 0.125. The molecule has 0 atom stereocenters. The summed E-state index contributed by atoms with van der Waals surface area (Å²) in [6.45, 7) is 2.78. The Hall–Kier alpha value is -1.98. The molecular formula is C14H23N5O5S. The summed E-state index contributed by atoms with van der Waals surface area (Å²) in [5, 5.41) is 8.49. The van der Waals surface area contributed by atoms with Crippen molar-refractivity contribution < 1.29 is 22.5 Å². The van der Waals surface area contributed by atoms with Gasteiger partial charge >= 0.3 is 11.8 Å². The number of carbonyl (C=O) groups excluding carboxylic acids is 2. The van der Waals surface area contributed by atoms with Gasteiger partial charge in [-0.25, -0.2) is 0 Å². The number of aromatic nitrogens is 1. The third kappa shape index (κ3) is 5.00. The van der Waals surface area contributed by atoms with E-state index in [0.717, 1.165) is 0 Å². The fraction of sp³-hybridized carbons (Fsp3) is 0.643. The van der Waals surface area contributed by atoms with E-state index in [9.17, 15) is 18.0 Å². The highest BCUT2D eigenvalue weighted by Gasteiger charge is 2.29. The van der Waals surface area contributed by atoms with E-state index in [4.69, 9.17) is 4.52 Å². The number of nitrogens with zero attached hydrogens (tertiary/aromatic N) is 3. The Balaban J connectivity index is 1.75. The number of nitrogens with one attached hydrogen (secondary N) is 2. The van der Waals surface area contributed by atoms with Crippen molar-refractivity contribution >= 4 is 27.8 Å². The molecule has 11 heteroatoms. The van der Waals surface area contributed by atoms with Crippen LogP contribution in [0.5, 0.6) is 0 Å². The number of carbonyl (C=O) groups is 2. The molecule has 1 aliphatic rings. The standard InChI is InChI=1S/C14H23N5O5S/c1-10-8-12(17-24-10)16-14(21)13(20)15-9-11-4-6-19(7-5-11)25(22,23)18(2)3/h8,11H,4-7,9H2,1-3H3,(H,15,20)(H,16,17,21). The molecule has 25 heavy (non-hydrogen) atoms. The van der Waals surface area contributed by atoms with E-state index < -0.39 is 22.0 Å². The van der Waals surface area contributed by atoms with Gasteiger partial charge < -0.3 is 9.84 Å². The van der Waals surface area contributed by atoms with Crippen molar-refractivity contribution in [1.29, 1.82) is 0 Å². The van der Waals surface area contributed by atoms with Crippen molar-refractivity contribution in [1.82, 2.24) is 19.1 Å². The first kappa shape index (κ1) is 19.3. The van der Waals surface area contributed by atoms with Crippen molar-refractivity contribution in [3.05, 3.63) is 11.8 Å². The predicted octanol–water partition coefficient (Wildman–Crippen LogP) is -0.444.